The molecule has 0 aliphatic heterocycles. The first-order valence-electron chi connectivity index (χ1n) is 8.44. The van der Waals surface area contributed by atoms with Gasteiger partial charge in [-0.25, -0.2) is 9.07 Å². The van der Waals surface area contributed by atoms with Crippen LogP contribution in [0.3, 0.4) is 0 Å². The lowest BCUT2D eigenvalue weighted by Crippen LogP contribution is -2.26. The van der Waals surface area contributed by atoms with Gasteiger partial charge in [0.05, 0.1) is 33.1 Å². The van der Waals surface area contributed by atoms with E-state index in [1.54, 1.807) is 24.3 Å². The maximum atomic E-state index is 13.6. The number of amides is 1. The van der Waals surface area contributed by atoms with Gasteiger partial charge in [0.2, 0.25) is 11.3 Å². The Balaban J connectivity index is 2.01. The van der Waals surface area contributed by atoms with Crippen molar-refractivity contribution in [3.63, 3.8) is 0 Å². The quantitative estimate of drug-likeness (QED) is 0.685. The van der Waals surface area contributed by atoms with Crippen LogP contribution in [0.5, 0.6) is 17.4 Å². The first kappa shape index (κ1) is 19.9. The first-order valence-corrected chi connectivity index (χ1v) is 8.44. The fraction of sp³-hybridized carbons (Fsp3) is 0.150. The Labute approximate surface area is 165 Å². The van der Waals surface area contributed by atoms with E-state index in [1.165, 1.54) is 44.2 Å². The first-order chi connectivity index (χ1) is 13.9. The second kappa shape index (κ2) is 8.42. The highest BCUT2D eigenvalue weighted by molar-refractivity contribution is 6.03. The normalized spacial score (nSPS) is 10.3. The van der Waals surface area contributed by atoms with Crippen molar-refractivity contribution in [1.29, 1.82) is 0 Å². The lowest BCUT2D eigenvalue weighted by molar-refractivity contribution is 0.101. The lowest BCUT2D eigenvalue weighted by atomic mass is 10.2. The molecule has 150 valence electrons. The molecule has 0 fully saturated rings. The van der Waals surface area contributed by atoms with Gasteiger partial charge in [-0.2, -0.15) is 5.10 Å². The molecule has 1 aromatic heterocycles. The predicted octanol–water partition coefficient (Wildman–Crippen LogP) is 2.65. The van der Waals surface area contributed by atoms with Gasteiger partial charge >= 0.3 is 0 Å². The highest BCUT2D eigenvalue weighted by atomic mass is 19.1. The summed E-state index contributed by atoms with van der Waals surface area (Å²) in [5.41, 5.74) is -0.404. The number of rotatable bonds is 6. The zero-order valence-corrected chi connectivity index (χ0v) is 15.9. The minimum Gasteiger partial charge on any atom is -0.497 e. The van der Waals surface area contributed by atoms with Crippen LogP contribution < -0.4 is 25.0 Å². The SMILES string of the molecule is COc1cc(NC(=O)c2nn(-c3cccc(F)c3)c(OC)cc2=O)cc(OC)c1. The highest BCUT2D eigenvalue weighted by Gasteiger charge is 2.18. The smallest absolute Gasteiger partial charge is 0.280 e. The van der Waals surface area contributed by atoms with Gasteiger partial charge in [-0.3, -0.25) is 9.59 Å². The van der Waals surface area contributed by atoms with E-state index < -0.39 is 22.8 Å². The molecular formula is C20H18FN3O5. The summed E-state index contributed by atoms with van der Waals surface area (Å²) in [5, 5.41) is 6.66. The van der Waals surface area contributed by atoms with Crippen LogP contribution >= 0.6 is 0 Å². The van der Waals surface area contributed by atoms with Gasteiger partial charge < -0.3 is 19.5 Å². The summed E-state index contributed by atoms with van der Waals surface area (Å²) in [7, 11) is 4.29. The molecule has 0 spiro atoms. The van der Waals surface area contributed by atoms with Crippen LogP contribution in [0.2, 0.25) is 0 Å². The number of aromatic nitrogens is 2. The Kier molecular flexibility index (Phi) is 5.77. The van der Waals surface area contributed by atoms with Gasteiger partial charge in [-0.05, 0) is 18.2 Å². The number of halogens is 1. The average molecular weight is 399 g/mol. The van der Waals surface area contributed by atoms with Crippen LogP contribution in [-0.2, 0) is 0 Å². The second-order valence-corrected chi connectivity index (χ2v) is 5.85. The number of carbonyl (C=O) groups excluding carboxylic acids is 1. The van der Waals surface area contributed by atoms with Crippen molar-refractivity contribution in [2.45, 2.75) is 0 Å². The summed E-state index contributed by atoms with van der Waals surface area (Å²) in [6.45, 7) is 0. The van der Waals surface area contributed by atoms with E-state index >= 15 is 0 Å². The zero-order valence-electron chi connectivity index (χ0n) is 15.9. The van der Waals surface area contributed by atoms with Gasteiger partial charge in [-0.15, -0.1) is 0 Å². The molecule has 0 bridgehead atoms. The molecule has 8 nitrogen and oxygen atoms in total. The van der Waals surface area contributed by atoms with Crippen LogP contribution in [0, 0.1) is 5.82 Å². The van der Waals surface area contributed by atoms with Crippen molar-refractivity contribution in [1.82, 2.24) is 9.78 Å². The van der Waals surface area contributed by atoms with E-state index in [4.69, 9.17) is 14.2 Å². The minimum atomic E-state index is -0.752. The van der Waals surface area contributed by atoms with E-state index in [0.717, 1.165) is 6.07 Å². The maximum Gasteiger partial charge on any atom is 0.280 e. The largest absolute Gasteiger partial charge is 0.497 e. The molecule has 1 N–H and O–H groups in total. The fourth-order valence-electron chi connectivity index (χ4n) is 2.61. The van der Waals surface area contributed by atoms with Crippen LogP contribution in [0.15, 0.2) is 53.3 Å². The lowest BCUT2D eigenvalue weighted by Gasteiger charge is -2.13. The standard InChI is InChI=1S/C20H18FN3O5/c1-27-15-8-13(9-16(10-15)28-2)22-20(26)19-17(25)11-18(29-3)24(23-19)14-6-4-5-12(21)7-14/h4-11H,1-3H3,(H,22,26). The van der Waals surface area contributed by atoms with Crippen molar-refractivity contribution in [2.75, 3.05) is 26.6 Å². The van der Waals surface area contributed by atoms with Crippen molar-refractivity contribution in [2.24, 2.45) is 0 Å². The number of hydrogen-bond donors (Lipinski definition) is 1. The summed E-state index contributed by atoms with van der Waals surface area (Å²) < 4.78 is 30.3. The third-order valence-electron chi connectivity index (χ3n) is 3.98. The predicted molar refractivity (Wildman–Crippen MR) is 104 cm³/mol. The number of hydrogen-bond acceptors (Lipinski definition) is 6. The number of anilines is 1. The Bertz CT molecular complexity index is 1090. The number of methoxy groups -OCH3 is 3. The second-order valence-electron chi connectivity index (χ2n) is 5.85. The minimum absolute atomic E-state index is 0.0557. The molecule has 3 rings (SSSR count). The topological polar surface area (TPSA) is 91.7 Å². The van der Waals surface area contributed by atoms with Crippen LogP contribution in [-0.4, -0.2) is 37.0 Å². The summed E-state index contributed by atoms with van der Waals surface area (Å²) in [4.78, 5) is 25.1. The van der Waals surface area contributed by atoms with Crippen LogP contribution in [0.1, 0.15) is 10.5 Å². The fourth-order valence-corrected chi connectivity index (χ4v) is 2.61. The van der Waals surface area contributed by atoms with Crippen molar-refractivity contribution >= 4 is 11.6 Å². The Morgan fingerprint density at radius 2 is 1.69 bits per heavy atom. The molecule has 1 heterocycles. The van der Waals surface area contributed by atoms with Crippen molar-refractivity contribution in [3.05, 3.63) is 70.3 Å². The summed E-state index contributed by atoms with van der Waals surface area (Å²) in [6, 6.07) is 11.4. The molecule has 0 aliphatic rings. The Morgan fingerprint density at radius 3 is 2.28 bits per heavy atom. The van der Waals surface area contributed by atoms with Gasteiger partial charge in [0.15, 0.2) is 5.69 Å². The number of nitrogens with zero attached hydrogens (tertiary/aromatic N) is 2. The number of benzene rings is 2. The summed E-state index contributed by atoms with van der Waals surface area (Å²) in [6.07, 6.45) is 0. The average Bonchev–Trinajstić information content (AvgIpc) is 2.72. The Hall–Kier alpha value is -3.88. The molecule has 2 aromatic carbocycles. The third kappa shape index (κ3) is 4.34. The number of ether oxygens (including phenoxy) is 3. The summed E-state index contributed by atoms with van der Waals surface area (Å²) >= 11 is 0. The highest BCUT2D eigenvalue weighted by Crippen LogP contribution is 2.26. The molecule has 0 radical (unpaired) electrons. The molecule has 9 heteroatoms. The molecule has 0 saturated carbocycles. The van der Waals surface area contributed by atoms with E-state index in [9.17, 15) is 14.0 Å². The van der Waals surface area contributed by atoms with Gasteiger partial charge in [0.25, 0.3) is 5.91 Å². The monoisotopic (exact) mass is 399 g/mol. The number of nitrogens with one attached hydrogen (secondary N) is 1. The molecule has 0 aliphatic carbocycles. The van der Waals surface area contributed by atoms with E-state index in [-0.39, 0.29) is 5.88 Å². The van der Waals surface area contributed by atoms with E-state index in [2.05, 4.69) is 10.4 Å². The zero-order chi connectivity index (χ0) is 21.0. The Morgan fingerprint density at radius 1 is 1.00 bits per heavy atom. The molecule has 3 aromatic rings. The molecule has 0 atom stereocenters. The van der Waals surface area contributed by atoms with E-state index in [1.807, 2.05) is 0 Å². The van der Waals surface area contributed by atoms with E-state index in [0.29, 0.717) is 22.9 Å². The molecule has 29 heavy (non-hydrogen) atoms. The van der Waals surface area contributed by atoms with Crippen LogP contribution in [0.25, 0.3) is 5.69 Å². The van der Waals surface area contributed by atoms with Crippen molar-refractivity contribution < 1.29 is 23.4 Å². The molecule has 0 unspecified atom stereocenters. The van der Waals surface area contributed by atoms with Crippen molar-refractivity contribution in [3.8, 4) is 23.1 Å². The molecule has 0 saturated heterocycles. The number of carbonyl (C=O) groups is 1. The molecular weight excluding hydrogens is 381 g/mol. The summed E-state index contributed by atoms with van der Waals surface area (Å²) in [5.74, 6) is -0.281. The van der Waals surface area contributed by atoms with Gasteiger partial charge in [-0.1, -0.05) is 6.07 Å². The van der Waals surface area contributed by atoms with Gasteiger partial charge in [0, 0.05) is 23.9 Å². The maximum absolute atomic E-state index is 13.6. The molecule has 1 amide bonds. The van der Waals surface area contributed by atoms with Crippen LogP contribution in [0.4, 0.5) is 10.1 Å². The van der Waals surface area contributed by atoms with Gasteiger partial charge in [0.1, 0.15) is 17.3 Å². The third-order valence-corrected chi connectivity index (χ3v) is 3.98.